The van der Waals surface area contributed by atoms with Crippen LogP contribution in [-0.4, -0.2) is 45.9 Å². The lowest BCUT2D eigenvalue weighted by Gasteiger charge is -2.37. The van der Waals surface area contributed by atoms with E-state index in [0.717, 1.165) is 56.2 Å². The van der Waals surface area contributed by atoms with Gasteiger partial charge in [0.1, 0.15) is 5.82 Å². The van der Waals surface area contributed by atoms with Crippen molar-refractivity contribution in [3.05, 3.63) is 33.9 Å². The van der Waals surface area contributed by atoms with Crippen LogP contribution >= 0.6 is 0 Å². The fourth-order valence-electron chi connectivity index (χ4n) is 3.66. The van der Waals surface area contributed by atoms with Gasteiger partial charge in [-0.05, 0) is 25.7 Å². The quantitative estimate of drug-likeness (QED) is 0.843. The summed E-state index contributed by atoms with van der Waals surface area (Å²) in [5.74, 6) is 1.37. The molecule has 132 valence electrons. The number of nitrogen functional groups attached to an aromatic ring is 1. The summed E-state index contributed by atoms with van der Waals surface area (Å²) < 4.78 is 1.34. The summed E-state index contributed by atoms with van der Waals surface area (Å²) in [6.45, 7) is 3.34. The molecule has 0 atom stereocenters. The van der Waals surface area contributed by atoms with E-state index in [9.17, 15) is 4.79 Å². The van der Waals surface area contributed by atoms with Gasteiger partial charge >= 0.3 is 0 Å². The Morgan fingerprint density at radius 3 is 2.52 bits per heavy atom. The smallest absolute Gasteiger partial charge is 0.268 e. The van der Waals surface area contributed by atoms with Crippen LogP contribution in [-0.2, 0) is 19.9 Å². The predicted molar refractivity (Wildman–Crippen MR) is 97.0 cm³/mol. The van der Waals surface area contributed by atoms with Crippen molar-refractivity contribution in [2.75, 3.05) is 41.7 Å². The van der Waals surface area contributed by atoms with E-state index in [1.165, 1.54) is 23.1 Å². The van der Waals surface area contributed by atoms with Gasteiger partial charge < -0.3 is 15.5 Å². The summed E-state index contributed by atoms with van der Waals surface area (Å²) in [6.07, 6.45) is 6.14. The normalized spacial score (nSPS) is 17.5. The molecule has 1 fully saturated rings. The highest BCUT2D eigenvalue weighted by Gasteiger charge is 2.24. The molecule has 2 aromatic rings. The first-order valence-electron chi connectivity index (χ1n) is 8.80. The van der Waals surface area contributed by atoms with Crippen LogP contribution in [0.4, 0.5) is 17.5 Å². The number of nitrogens with zero attached hydrogens (tertiary/aromatic N) is 6. The zero-order valence-electron chi connectivity index (χ0n) is 14.5. The average Bonchev–Trinajstić information content (AvgIpc) is 2.63. The van der Waals surface area contributed by atoms with Crippen molar-refractivity contribution in [2.45, 2.75) is 25.7 Å². The number of nitrogens with two attached hydrogens (primary N) is 1. The van der Waals surface area contributed by atoms with Crippen molar-refractivity contribution in [3.63, 3.8) is 0 Å². The second-order valence-corrected chi connectivity index (χ2v) is 6.69. The summed E-state index contributed by atoms with van der Waals surface area (Å²) in [5, 5.41) is 4.11. The molecule has 2 N–H and O–H groups in total. The number of fused-ring (bicyclic) bond motifs is 1. The molecule has 4 rings (SSSR count). The van der Waals surface area contributed by atoms with Crippen LogP contribution < -0.4 is 21.1 Å². The molecule has 2 aliphatic rings. The number of aryl methyl sites for hydroxylation is 2. The van der Waals surface area contributed by atoms with Crippen LogP contribution in [0.3, 0.4) is 0 Å². The van der Waals surface area contributed by atoms with Gasteiger partial charge in [0.15, 0.2) is 0 Å². The van der Waals surface area contributed by atoms with Crippen LogP contribution in [0.2, 0.25) is 0 Å². The maximum Gasteiger partial charge on any atom is 0.268 e. The summed E-state index contributed by atoms with van der Waals surface area (Å²) in [4.78, 5) is 25.3. The van der Waals surface area contributed by atoms with Gasteiger partial charge in [-0.25, -0.2) is 9.67 Å². The molecule has 2 aromatic heterocycles. The SMILES string of the molecule is Cn1ncc(N2CCN(c3nc(N)nc4c3CCCC4)CC2)cc1=O. The molecule has 0 amide bonds. The number of rotatable bonds is 2. The highest BCUT2D eigenvalue weighted by atomic mass is 16.1. The number of hydrogen-bond donors (Lipinski definition) is 1. The van der Waals surface area contributed by atoms with Crippen molar-refractivity contribution in [1.29, 1.82) is 0 Å². The van der Waals surface area contributed by atoms with E-state index < -0.39 is 0 Å². The molecule has 8 heteroatoms. The Kier molecular flexibility index (Phi) is 4.03. The third kappa shape index (κ3) is 3.04. The van der Waals surface area contributed by atoms with Crippen LogP contribution in [0.15, 0.2) is 17.1 Å². The van der Waals surface area contributed by atoms with Gasteiger partial charge in [0.2, 0.25) is 5.95 Å². The Bertz CT molecular complexity index is 839. The molecule has 0 aromatic carbocycles. The third-order valence-corrected chi connectivity index (χ3v) is 5.08. The van der Waals surface area contributed by atoms with Gasteiger partial charge in [0, 0.05) is 44.9 Å². The summed E-state index contributed by atoms with van der Waals surface area (Å²) in [6, 6.07) is 1.65. The fourth-order valence-corrected chi connectivity index (χ4v) is 3.66. The molecule has 1 saturated heterocycles. The van der Waals surface area contributed by atoms with Crippen molar-refractivity contribution >= 4 is 17.5 Å². The Morgan fingerprint density at radius 2 is 1.76 bits per heavy atom. The van der Waals surface area contributed by atoms with E-state index >= 15 is 0 Å². The van der Waals surface area contributed by atoms with Gasteiger partial charge in [-0.15, -0.1) is 0 Å². The first-order valence-corrected chi connectivity index (χ1v) is 8.80. The zero-order chi connectivity index (χ0) is 17.4. The summed E-state index contributed by atoms with van der Waals surface area (Å²) in [7, 11) is 1.66. The van der Waals surface area contributed by atoms with Crippen molar-refractivity contribution in [3.8, 4) is 0 Å². The van der Waals surface area contributed by atoms with Crippen molar-refractivity contribution < 1.29 is 0 Å². The molecule has 25 heavy (non-hydrogen) atoms. The minimum Gasteiger partial charge on any atom is -0.368 e. The highest BCUT2D eigenvalue weighted by Crippen LogP contribution is 2.29. The van der Waals surface area contributed by atoms with E-state index in [-0.39, 0.29) is 5.56 Å². The molecule has 3 heterocycles. The molecular formula is C17H23N7O. The second kappa shape index (κ2) is 6.34. The topological polar surface area (TPSA) is 93.2 Å². The molecule has 0 bridgehead atoms. The van der Waals surface area contributed by atoms with E-state index in [1.54, 1.807) is 19.3 Å². The summed E-state index contributed by atoms with van der Waals surface area (Å²) in [5.41, 5.74) is 9.12. The van der Waals surface area contributed by atoms with Gasteiger partial charge in [-0.1, -0.05) is 0 Å². The molecule has 0 unspecified atom stereocenters. The largest absolute Gasteiger partial charge is 0.368 e. The first-order chi connectivity index (χ1) is 12.1. The number of aromatic nitrogens is 4. The second-order valence-electron chi connectivity index (χ2n) is 6.69. The van der Waals surface area contributed by atoms with Gasteiger partial charge in [-0.3, -0.25) is 4.79 Å². The lowest BCUT2D eigenvalue weighted by atomic mass is 9.96. The van der Waals surface area contributed by atoms with Gasteiger partial charge in [0.05, 0.1) is 17.6 Å². The van der Waals surface area contributed by atoms with Gasteiger partial charge in [-0.2, -0.15) is 10.1 Å². The van der Waals surface area contributed by atoms with Gasteiger partial charge in [0.25, 0.3) is 5.56 Å². The number of piperazine rings is 1. The Balaban J connectivity index is 1.53. The van der Waals surface area contributed by atoms with Crippen LogP contribution in [0.25, 0.3) is 0 Å². The summed E-state index contributed by atoms with van der Waals surface area (Å²) >= 11 is 0. The standard InChI is InChI=1S/C17H23N7O/c1-22-15(25)10-12(11-19-22)23-6-8-24(9-7-23)16-13-4-2-3-5-14(13)20-17(18)21-16/h10-11H,2-9H2,1H3,(H2,18,20,21). The number of anilines is 3. The lowest BCUT2D eigenvalue weighted by molar-refractivity contribution is 0.620. The molecule has 0 radical (unpaired) electrons. The molecule has 0 spiro atoms. The Morgan fingerprint density at radius 1 is 1.04 bits per heavy atom. The molecular weight excluding hydrogens is 318 g/mol. The fraction of sp³-hybridized carbons (Fsp3) is 0.529. The number of hydrogen-bond acceptors (Lipinski definition) is 7. The van der Waals surface area contributed by atoms with Crippen LogP contribution in [0, 0.1) is 0 Å². The van der Waals surface area contributed by atoms with Crippen molar-refractivity contribution in [2.24, 2.45) is 7.05 Å². The first kappa shape index (κ1) is 15.9. The van der Waals surface area contributed by atoms with Crippen molar-refractivity contribution in [1.82, 2.24) is 19.7 Å². The molecule has 0 saturated carbocycles. The molecule has 1 aliphatic carbocycles. The van der Waals surface area contributed by atoms with Crippen LogP contribution in [0.1, 0.15) is 24.1 Å². The highest BCUT2D eigenvalue weighted by molar-refractivity contribution is 5.55. The zero-order valence-corrected chi connectivity index (χ0v) is 14.5. The van der Waals surface area contributed by atoms with E-state index in [0.29, 0.717) is 5.95 Å². The van der Waals surface area contributed by atoms with E-state index in [4.69, 9.17) is 5.73 Å². The molecule has 1 aliphatic heterocycles. The maximum atomic E-state index is 11.8. The maximum absolute atomic E-state index is 11.8. The third-order valence-electron chi connectivity index (χ3n) is 5.08. The lowest BCUT2D eigenvalue weighted by Crippen LogP contribution is -2.47. The van der Waals surface area contributed by atoms with E-state index in [2.05, 4.69) is 24.9 Å². The molecule has 8 nitrogen and oxygen atoms in total. The average molecular weight is 341 g/mol. The Hall–Kier alpha value is -2.64. The monoisotopic (exact) mass is 341 g/mol. The van der Waals surface area contributed by atoms with Crippen LogP contribution in [0.5, 0.6) is 0 Å². The minimum atomic E-state index is -0.0856. The van der Waals surface area contributed by atoms with E-state index in [1.807, 2.05) is 0 Å². The Labute approximate surface area is 146 Å². The minimum absolute atomic E-state index is 0.0856. The predicted octanol–water partition coefficient (Wildman–Crippen LogP) is 0.358.